The van der Waals surface area contributed by atoms with Gasteiger partial charge in [-0.15, -0.1) is 11.3 Å². The van der Waals surface area contributed by atoms with E-state index in [2.05, 4.69) is 0 Å². The van der Waals surface area contributed by atoms with Gasteiger partial charge in [0.15, 0.2) is 4.80 Å². The number of likely N-dealkylation sites (N-methyl/N-ethyl adjacent to an activating group) is 1. The van der Waals surface area contributed by atoms with Crippen molar-refractivity contribution >= 4 is 34.7 Å². The van der Waals surface area contributed by atoms with Crippen molar-refractivity contribution in [2.75, 3.05) is 20.2 Å². The molecule has 0 radical (unpaired) electrons. The second kappa shape index (κ2) is 9.49. The number of aromatic nitrogens is 1. The molecule has 0 spiro atoms. The molecule has 0 aliphatic carbocycles. The fraction of sp³-hybridized carbons (Fsp3) is 0.320. The summed E-state index contributed by atoms with van der Waals surface area (Å²) in [6.07, 6.45) is 1.92. The zero-order valence-electron chi connectivity index (χ0n) is 19.4. The van der Waals surface area contributed by atoms with Gasteiger partial charge in [-0.05, 0) is 56.8 Å². The molecule has 0 saturated carbocycles. The molecule has 1 atom stereocenters. The third kappa shape index (κ3) is 4.09. The molecular weight excluding hydrogens is 454 g/mol. The number of ether oxygens (including phenoxy) is 1. The standard InChI is InChI=1S/C25H27N3O3S2/c1-6-27(7-2)24(30)21-16(4)26-25-28(22(21)17-10-8-9-11-18(17)31-5)23(29)20(33-25)14-19-15(3)12-13-32-19/h8-14,22H,6-7H2,1-5H3/b20-14+/t22-/m1/s1. The van der Waals surface area contributed by atoms with E-state index in [4.69, 9.17) is 9.73 Å². The van der Waals surface area contributed by atoms with Crippen molar-refractivity contribution in [3.8, 4) is 5.75 Å². The van der Waals surface area contributed by atoms with Crippen LogP contribution in [-0.2, 0) is 4.79 Å². The maximum Gasteiger partial charge on any atom is 0.271 e. The Balaban J connectivity index is 2.01. The average Bonchev–Trinajstić information content (AvgIpc) is 3.36. The Hall–Kier alpha value is -2.97. The van der Waals surface area contributed by atoms with Crippen molar-refractivity contribution in [2.45, 2.75) is 33.7 Å². The molecule has 0 bridgehead atoms. The lowest BCUT2D eigenvalue weighted by Gasteiger charge is -2.29. The second-order valence-electron chi connectivity index (χ2n) is 7.77. The summed E-state index contributed by atoms with van der Waals surface area (Å²) in [5.41, 5.74) is 2.88. The molecule has 6 nitrogen and oxygen atoms in total. The fourth-order valence-electron chi connectivity index (χ4n) is 4.11. The second-order valence-corrected chi connectivity index (χ2v) is 9.73. The van der Waals surface area contributed by atoms with Crippen LogP contribution in [0.1, 0.15) is 42.8 Å². The van der Waals surface area contributed by atoms with Gasteiger partial charge in [-0.2, -0.15) is 0 Å². The molecule has 0 unspecified atom stereocenters. The number of hydrogen-bond acceptors (Lipinski definition) is 6. The van der Waals surface area contributed by atoms with Crippen LogP contribution < -0.4 is 19.6 Å². The molecule has 1 amide bonds. The highest BCUT2D eigenvalue weighted by molar-refractivity contribution is 7.11. The smallest absolute Gasteiger partial charge is 0.271 e. The Labute approximate surface area is 200 Å². The molecule has 2 aromatic heterocycles. The number of carbonyl (C=O) groups is 1. The molecular formula is C25H27N3O3S2. The molecule has 1 aromatic carbocycles. The number of thiazole rings is 1. The fourth-order valence-corrected chi connectivity index (χ4v) is 6.08. The SMILES string of the molecule is CCN(CC)C(=O)C1=C(C)N=c2s/c(=C/c3sccc3C)c(=O)n2[C@@H]1c1ccccc1OC. The molecule has 4 rings (SSSR count). The molecule has 33 heavy (non-hydrogen) atoms. The van der Waals surface area contributed by atoms with Crippen LogP contribution in [0.15, 0.2) is 56.8 Å². The zero-order chi connectivity index (χ0) is 23.7. The number of allylic oxidation sites excluding steroid dienone is 1. The van der Waals surface area contributed by atoms with Crippen molar-refractivity contribution in [2.24, 2.45) is 4.99 Å². The number of amides is 1. The van der Waals surface area contributed by atoms with E-state index in [0.29, 0.717) is 39.4 Å². The molecule has 1 aliphatic heterocycles. The highest BCUT2D eigenvalue weighted by atomic mass is 32.1. The largest absolute Gasteiger partial charge is 0.496 e. The molecule has 0 saturated heterocycles. The van der Waals surface area contributed by atoms with Gasteiger partial charge in [0.1, 0.15) is 11.8 Å². The Morgan fingerprint density at radius 1 is 1.21 bits per heavy atom. The van der Waals surface area contributed by atoms with Gasteiger partial charge in [-0.1, -0.05) is 29.5 Å². The van der Waals surface area contributed by atoms with E-state index in [9.17, 15) is 9.59 Å². The first-order valence-corrected chi connectivity index (χ1v) is 12.6. The summed E-state index contributed by atoms with van der Waals surface area (Å²) in [4.78, 5) is 35.5. The van der Waals surface area contributed by atoms with Gasteiger partial charge in [-0.3, -0.25) is 14.2 Å². The molecule has 0 fully saturated rings. The quantitative estimate of drug-likeness (QED) is 0.542. The van der Waals surface area contributed by atoms with Crippen molar-refractivity contribution < 1.29 is 9.53 Å². The van der Waals surface area contributed by atoms with Crippen LogP contribution in [0.3, 0.4) is 0 Å². The number of thiophene rings is 1. The van der Waals surface area contributed by atoms with Crippen LogP contribution in [-0.4, -0.2) is 35.6 Å². The van der Waals surface area contributed by atoms with Gasteiger partial charge in [0.05, 0.1) is 22.9 Å². The van der Waals surface area contributed by atoms with Crippen LogP contribution in [0.25, 0.3) is 6.08 Å². The van der Waals surface area contributed by atoms with Gasteiger partial charge in [0.25, 0.3) is 11.5 Å². The van der Waals surface area contributed by atoms with E-state index in [1.165, 1.54) is 11.3 Å². The minimum absolute atomic E-state index is 0.111. The highest BCUT2D eigenvalue weighted by Crippen LogP contribution is 2.36. The van der Waals surface area contributed by atoms with E-state index in [1.807, 2.05) is 69.5 Å². The van der Waals surface area contributed by atoms with Crippen molar-refractivity contribution in [1.29, 1.82) is 0 Å². The monoisotopic (exact) mass is 481 g/mol. The van der Waals surface area contributed by atoms with Crippen LogP contribution >= 0.6 is 22.7 Å². The summed E-state index contributed by atoms with van der Waals surface area (Å²) in [5, 5.41) is 2.01. The number of methoxy groups -OCH3 is 1. The van der Waals surface area contributed by atoms with Crippen molar-refractivity contribution in [3.63, 3.8) is 0 Å². The van der Waals surface area contributed by atoms with Gasteiger partial charge >= 0.3 is 0 Å². The third-order valence-corrected chi connectivity index (χ3v) is 7.85. The first-order valence-electron chi connectivity index (χ1n) is 10.9. The number of fused-ring (bicyclic) bond motifs is 1. The van der Waals surface area contributed by atoms with Gasteiger partial charge < -0.3 is 9.64 Å². The van der Waals surface area contributed by atoms with Gasteiger partial charge in [-0.25, -0.2) is 4.99 Å². The summed E-state index contributed by atoms with van der Waals surface area (Å²) in [6, 6.07) is 8.98. The minimum atomic E-state index is -0.614. The number of para-hydroxylation sites is 1. The molecule has 3 aromatic rings. The van der Waals surface area contributed by atoms with E-state index >= 15 is 0 Å². The average molecular weight is 482 g/mol. The third-order valence-electron chi connectivity index (χ3n) is 5.90. The topological polar surface area (TPSA) is 63.9 Å². The Kier molecular flexibility index (Phi) is 6.67. The summed E-state index contributed by atoms with van der Waals surface area (Å²) in [5.74, 6) is 0.520. The van der Waals surface area contributed by atoms with Gasteiger partial charge in [0, 0.05) is 23.5 Å². The van der Waals surface area contributed by atoms with E-state index in [1.54, 1.807) is 27.9 Å². The molecule has 8 heteroatoms. The zero-order valence-corrected chi connectivity index (χ0v) is 21.0. The molecule has 172 valence electrons. The first kappa shape index (κ1) is 23.2. The van der Waals surface area contributed by atoms with Gasteiger partial charge in [0.2, 0.25) is 0 Å². The Bertz CT molecular complexity index is 1410. The number of rotatable bonds is 6. The maximum atomic E-state index is 13.7. The van der Waals surface area contributed by atoms with Crippen LogP contribution in [0.5, 0.6) is 5.75 Å². The lowest BCUT2D eigenvalue weighted by Crippen LogP contribution is -2.43. The number of aryl methyl sites for hydroxylation is 1. The number of carbonyl (C=O) groups excluding carboxylic acids is 1. The summed E-state index contributed by atoms with van der Waals surface area (Å²) in [7, 11) is 1.60. The summed E-state index contributed by atoms with van der Waals surface area (Å²) >= 11 is 2.95. The van der Waals surface area contributed by atoms with E-state index < -0.39 is 6.04 Å². The predicted octanol–water partition coefficient (Wildman–Crippen LogP) is 3.48. The highest BCUT2D eigenvalue weighted by Gasteiger charge is 2.35. The molecule has 1 aliphatic rings. The lowest BCUT2D eigenvalue weighted by molar-refractivity contribution is -0.127. The van der Waals surface area contributed by atoms with Crippen molar-refractivity contribution in [3.05, 3.63) is 82.7 Å². The lowest BCUT2D eigenvalue weighted by atomic mass is 9.94. The van der Waals surface area contributed by atoms with E-state index in [0.717, 1.165) is 16.0 Å². The van der Waals surface area contributed by atoms with Crippen LogP contribution in [0.4, 0.5) is 0 Å². The Morgan fingerprint density at radius 2 is 1.94 bits per heavy atom. The normalized spacial score (nSPS) is 15.9. The molecule has 0 N–H and O–H groups in total. The number of benzene rings is 1. The number of hydrogen-bond donors (Lipinski definition) is 0. The summed E-state index contributed by atoms with van der Waals surface area (Å²) < 4.78 is 7.90. The van der Waals surface area contributed by atoms with Crippen molar-refractivity contribution in [1.82, 2.24) is 9.47 Å². The first-order chi connectivity index (χ1) is 15.9. The van der Waals surface area contributed by atoms with Crippen LogP contribution in [0, 0.1) is 6.92 Å². The number of nitrogens with zero attached hydrogens (tertiary/aromatic N) is 3. The minimum Gasteiger partial charge on any atom is -0.496 e. The maximum absolute atomic E-state index is 13.7. The predicted molar refractivity (Wildman–Crippen MR) is 134 cm³/mol. The van der Waals surface area contributed by atoms with E-state index in [-0.39, 0.29) is 11.5 Å². The van der Waals surface area contributed by atoms with Crippen LogP contribution in [0.2, 0.25) is 0 Å². The Morgan fingerprint density at radius 3 is 2.58 bits per heavy atom. The molecule has 3 heterocycles. The summed E-state index contributed by atoms with van der Waals surface area (Å²) in [6.45, 7) is 8.93.